The third-order valence-electron chi connectivity index (χ3n) is 4.78. The van der Waals surface area contributed by atoms with Crippen LogP contribution in [0.3, 0.4) is 0 Å². The molecule has 1 aromatic heterocycles. The monoisotopic (exact) mass is 463 g/mol. The lowest BCUT2D eigenvalue weighted by atomic mass is 10.2. The number of amides is 1. The van der Waals surface area contributed by atoms with Crippen LogP contribution in [0.2, 0.25) is 0 Å². The fourth-order valence-corrected chi connectivity index (χ4v) is 3.79. The van der Waals surface area contributed by atoms with Crippen LogP contribution < -0.4 is 15.6 Å². The Morgan fingerprint density at radius 1 is 1.18 bits per heavy atom. The molecule has 0 fully saturated rings. The van der Waals surface area contributed by atoms with Crippen LogP contribution in [0.1, 0.15) is 18.3 Å². The number of hydrogen-bond acceptors (Lipinski definition) is 7. The van der Waals surface area contributed by atoms with Gasteiger partial charge in [-0.2, -0.15) is 5.10 Å². The molecule has 2 aromatic carbocycles. The van der Waals surface area contributed by atoms with Crippen LogP contribution in [0, 0.1) is 0 Å². The molecule has 0 saturated carbocycles. The van der Waals surface area contributed by atoms with Crippen molar-refractivity contribution >= 4 is 35.3 Å². The Labute approximate surface area is 198 Å². The maximum absolute atomic E-state index is 12.5. The van der Waals surface area contributed by atoms with Crippen molar-refractivity contribution in [3.8, 4) is 0 Å². The smallest absolute Gasteiger partial charge is 0.253 e. The van der Waals surface area contributed by atoms with Crippen molar-refractivity contribution in [2.24, 2.45) is 5.10 Å². The average molecular weight is 464 g/mol. The van der Waals surface area contributed by atoms with Gasteiger partial charge in [0, 0.05) is 32.0 Å². The van der Waals surface area contributed by atoms with Crippen molar-refractivity contribution in [3.63, 3.8) is 0 Å². The minimum Gasteiger partial charge on any atom is -0.378 e. The molecule has 1 atom stereocenters. The summed E-state index contributed by atoms with van der Waals surface area (Å²) in [5, 5.41) is 16.3. The highest BCUT2D eigenvalue weighted by Gasteiger charge is 2.19. The zero-order valence-electron chi connectivity index (χ0n) is 19.1. The first-order chi connectivity index (χ1) is 16.0. The summed E-state index contributed by atoms with van der Waals surface area (Å²) in [5.41, 5.74) is 5.61. The minimum atomic E-state index is -0.402. The fraction of sp³-hybridized carbons (Fsp3) is 0.250. The highest BCUT2D eigenvalue weighted by atomic mass is 32.2. The molecule has 1 amide bonds. The van der Waals surface area contributed by atoms with E-state index in [4.69, 9.17) is 0 Å². The Balaban J connectivity index is 1.57. The lowest BCUT2D eigenvalue weighted by Crippen LogP contribution is -2.27. The predicted octanol–water partition coefficient (Wildman–Crippen LogP) is 3.77. The SMILES string of the molecule is C=CCn1c(CNc2ccccc2)nnc1S[C@@H](C)C(=O)N/N=C\c1ccc(N(C)C)cc1. The zero-order valence-corrected chi connectivity index (χ0v) is 19.9. The van der Waals surface area contributed by atoms with E-state index in [1.165, 1.54) is 11.8 Å². The molecule has 0 aliphatic carbocycles. The number of nitrogens with one attached hydrogen (secondary N) is 2. The number of carbonyl (C=O) groups is 1. The number of nitrogens with zero attached hydrogens (tertiary/aromatic N) is 5. The molecule has 0 aliphatic heterocycles. The summed E-state index contributed by atoms with van der Waals surface area (Å²) < 4.78 is 1.95. The fourth-order valence-electron chi connectivity index (χ4n) is 2.92. The zero-order chi connectivity index (χ0) is 23.6. The van der Waals surface area contributed by atoms with Gasteiger partial charge in [-0.3, -0.25) is 4.79 Å². The number of hydrazone groups is 1. The highest BCUT2D eigenvalue weighted by molar-refractivity contribution is 8.00. The maximum atomic E-state index is 12.5. The van der Waals surface area contributed by atoms with E-state index >= 15 is 0 Å². The van der Waals surface area contributed by atoms with Crippen LogP contribution in [0.25, 0.3) is 0 Å². The Hall–Kier alpha value is -3.59. The number of carbonyl (C=O) groups excluding carboxylic acids is 1. The molecule has 0 bridgehead atoms. The van der Waals surface area contributed by atoms with Crippen molar-refractivity contribution in [2.45, 2.75) is 30.4 Å². The van der Waals surface area contributed by atoms with Crippen molar-refractivity contribution < 1.29 is 4.79 Å². The van der Waals surface area contributed by atoms with Crippen molar-refractivity contribution in [1.82, 2.24) is 20.2 Å². The summed E-state index contributed by atoms with van der Waals surface area (Å²) in [5.74, 6) is 0.561. The quantitative estimate of drug-likeness (QED) is 0.195. The molecule has 33 heavy (non-hydrogen) atoms. The molecule has 9 heteroatoms. The summed E-state index contributed by atoms with van der Waals surface area (Å²) in [7, 11) is 3.97. The number of rotatable bonds is 11. The summed E-state index contributed by atoms with van der Waals surface area (Å²) >= 11 is 1.33. The molecule has 3 rings (SSSR count). The van der Waals surface area contributed by atoms with Crippen LogP contribution in [-0.2, 0) is 17.9 Å². The first kappa shape index (κ1) is 24.1. The first-order valence-corrected chi connectivity index (χ1v) is 11.4. The maximum Gasteiger partial charge on any atom is 0.253 e. The minimum absolute atomic E-state index is 0.210. The van der Waals surface area contributed by atoms with Crippen LogP contribution in [0.15, 0.2) is 77.5 Å². The van der Waals surface area contributed by atoms with Crippen LogP contribution in [0.4, 0.5) is 11.4 Å². The van der Waals surface area contributed by atoms with E-state index < -0.39 is 5.25 Å². The number of benzene rings is 2. The number of anilines is 2. The molecule has 1 heterocycles. The number of para-hydroxylation sites is 1. The van der Waals surface area contributed by atoms with E-state index in [2.05, 4.69) is 32.6 Å². The van der Waals surface area contributed by atoms with Gasteiger partial charge in [0.05, 0.1) is 18.0 Å². The van der Waals surface area contributed by atoms with Gasteiger partial charge in [0.15, 0.2) is 11.0 Å². The van der Waals surface area contributed by atoms with E-state index in [1.807, 2.05) is 85.1 Å². The molecule has 0 unspecified atom stereocenters. The van der Waals surface area contributed by atoms with E-state index in [0.29, 0.717) is 18.2 Å². The van der Waals surface area contributed by atoms with Gasteiger partial charge in [-0.25, -0.2) is 5.43 Å². The molecule has 172 valence electrons. The van der Waals surface area contributed by atoms with Gasteiger partial charge in [0.1, 0.15) is 0 Å². The Morgan fingerprint density at radius 3 is 2.58 bits per heavy atom. The molecule has 3 aromatic rings. The second-order valence-electron chi connectivity index (χ2n) is 7.50. The standard InChI is InChI=1S/C24H29N7OS/c1-5-15-31-22(17-25-20-9-7-6-8-10-20)27-29-24(31)33-18(2)23(32)28-26-16-19-11-13-21(14-12-19)30(3)4/h5-14,16,18,25H,1,15,17H2,2-4H3,(H,28,32)/b26-16-/t18-/m0/s1. The molecule has 0 radical (unpaired) electrons. The normalized spacial score (nSPS) is 11.8. The molecular weight excluding hydrogens is 434 g/mol. The number of aromatic nitrogens is 3. The van der Waals surface area contributed by atoms with Gasteiger partial charge < -0.3 is 14.8 Å². The lowest BCUT2D eigenvalue weighted by molar-refractivity contribution is -0.120. The van der Waals surface area contributed by atoms with Crippen LogP contribution >= 0.6 is 11.8 Å². The van der Waals surface area contributed by atoms with Gasteiger partial charge in [-0.05, 0) is 36.8 Å². The van der Waals surface area contributed by atoms with Gasteiger partial charge in [-0.1, -0.05) is 48.2 Å². The summed E-state index contributed by atoms with van der Waals surface area (Å²) in [6.07, 6.45) is 3.42. The van der Waals surface area contributed by atoms with E-state index in [0.717, 1.165) is 22.8 Å². The Kier molecular flexibility index (Phi) is 8.65. The Bertz CT molecular complexity index is 1080. The third-order valence-corrected chi connectivity index (χ3v) is 5.86. The molecular formula is C24H29N7OS. The van der Waals surface area contributed by atoms with Crippen LogP contribution in [0.5, 0.6) is 0 Å². The second-order valence-corrected chi connectivity index (χ2v) is 8.81. The van der Waals surface area contributed by atoms with Gasteiger partial charge in [0.25, 0.3) is 5.91 Å². The second kappa shape index (κ2) is 11.9. The van der Waals surface area contributed by atoms with Crippen LogP contribution in [-0.4, -0.2) is 46.2 Å². The molecule has 0 spiro atoms. The van der Waals surface area contributed by atoms with Gasteiger partial charge in [-0.15, -0.1) is 16.8 Å². The van der Waals surface area contributed by atoms with Crippen molar-refractivity contribution in [2.75, 3.05) is 24.3 Å². The van der Waals surface area contributed by atoms with Crippen molar-refractivity contribution in [3.05, 3.63) is 78.6 Å². The summed E-state index contributed by atoms with van der Waals surface area (Å²) in [6.45, 7) is 6.71. The molecule has 2 N–H and O–H groups in total. The predicted molar refractivity (Wildman–Crippen MR) is 136 cm³/mol. The molecule has 0 aliphatic rings. The summed E-state index contributed by atoms with van der Waals surface area (Å²) in [6, 6.07) is 17.8. The van der Waals surface area contributed by atoms with E-state index in [-0.39, 0.29) is 5.91 Å². The van der Waals surface area contributed by atoms with E-state index in [9.17, 15) is 4.79 Å². The van der Waals surface area contributed by atoms with E-state index in [1.54, 1.807) is 12.3 Å². The number of thioether (sulfide) groups is 1. The highest BCUT2D eigenvalue weighted by Crippen LogP contribution is 2.23. The third kappa shape index (κ3) is 6.95. The Morgan fingerprint density at radius 2 is 1.91 bits per heavy atom. The molecule has 0 saturated heterocycles. The topological polar surface area (TPSA) is 87.4 Å². The van der Waals surface area contributed by atoms with Gasteiger partial charge in [0.2, 0.25) is 0 Å². The average Bonchev–Trinajstić information content (AvgIpc) is 3.20. The summed E-state index contributed by atoms with van der Waals surface area (Å²) in [4.78, 5) is 14.5. The van der Waals surface area contributed by atoms with Gasteiger partial charge >= 0.3 is 0 Å². The van der Waals surface area contributed by atoms with Crippen molar-refractivity contribution in [1.29, 1.82) is 0 Å². The number of allylic oxidation sites excluding steroid dienone is 1. The lowest BCUT2D eigenvalue weighted by Gasteiger charge is -2.12. The largest absolute Gasteiger partial charge is 0.378 e. The number of hydrogen-bond donors (Lipinski definition) is 2. The molecule has 8 nitrogen and oxygen atoms in total. The first-order valence-electron chi connectivity index (χ1n) is 10.6.